The third-order valence-electron chi connectivity index (χ3n) is 3.56. The monoisotopic (exact) mass is 322 g/mol. The van der Waals surface area contributed by atoms with Gasteiger partial charge in [-0.25, -0.2) is 9.59 Å². The quantitative estimate of drug-likeness (QED) is 0.531. The van der Waals surface area contributed by atoms with Gasteiger partial charge in [0.05, 0.1) is 12.7 Å². The highest BCUT2D eigenvalue weighted by Crippen LogP contribution is 2.36. The second kappa shape index (κ2) is 6.42. The molecule has 0 atom stereocenters. The SMILES string of the molecule is COc1ccc(/C=C2\C(=O)Oc3ccc(/C=C/C(=O)O)cc32)cc1. The van der Waals surface area contributed by atoms with E-state index in [0.29, 0.717) is 22.4 Å². The number of fused-ring (bicyclic) bond motifs is 1. The van der Waals surface area contributed by atoms with Crippen LogP contribution in [0.1, 0.15) is 16.7 Å². The minimum atomic E-state index is -1.03. The normalized spacial score (nSPS) is 14.7. The molecule has 2 aromatic rings. The zero-order valence-corrected chi connectivity index (χ0v) is 12.9. The molecule has 5 nitrogen and oxygen atoms in total. The van der Waals surface area contributed by atoms with Gasteiger partial charge in [0, 0.05) is 11.6 Å². The van der Waals surface area contributed by atoms with Crippen LogP contribution in [0.25, 0.3) is 17.7 Å². The summed E-state index contributed by atoms with van der Waals surface area (Å²) in [6.07, 6.45) is 4.25. The summed E-state index contributed by atoms with van der Waals surface area (Å²) in [6, 6.07) is 12.4. The van der Waals surface area contributed by atoms with E-state index in [0.717, 1.165) is 17.4 Å². The fourth-order valence-electron chi connectivity index (χ4n) is 2.39. The van der Waals surface area contributed by atoms with E-state index in [1.165, 1.54) is 6.08 Å². The molecule has 1 heterocycles. The van der Waals surface area contributed by atoms with Crippen LogP contribution in [0.2, 0.25) is 0 Å². The molecule has 0 amide bonds. The van der Waals surface area contributed by atoms with E-state index in [4.69, 9.17) is 14.6 Å². The number of methoxy groups -OCH3 is 1. The van der Waals surface area contributed by atoms with Crippen LogP contribution in [0, 0.1) is 0 Å². The summed E-state index contributed by atoms with van der Waals surface area (Å²) in [4.78, 5) is 22.7. The van der Waals surface area contributed by atoms with Crippen LogP contribution in [0.4, 0.5) is 0 Å². The van der Waals surface area contributed by atoms with Crippen LogP contribution < -0.4 is 9.47 Å². The van der Waals surface area contributed by atoms with Crippen LogP contribution in [0.5, 0.6) is 11.5 Å². The summed E-state index contributed by atoms with van der Waals surface area (Å²) in [5.74, 6) is -0.267. The van der Waals surface area contributed by atoms with Crippen molar-refractivity contribution in [1.82, 2.24) is 0 Å². The van der Waals surface area contributed by atoms with E-state index in [1.807, 2.05) is 12.1 Å². The number of benzene rings is 2. The van der Waals surface area contributed by atoms with Crippen LogP contribution in [0.3, 0.4) is 0 Å². The van der Waals surface area contributed by atoms with E-state index in [1.54, 1.807) is 43.5 Å². The predicted octanol–water partition coefficient (Wildman–Crippen LogP) is 3.25. The molecule has 0 saturated carbocycles. The van der Waals surface area contributed by atoms with Crippen molar-refractivity contribution in [2.45, 2.75) is 0 Å². The molecule has 5 heteroatoms. The molecule has 0 fully saturated rings. The number of carbonyl (C=O) groups is 2. The Balaban J connectivity index is 1.98. The van der Waals surface area contributed by atoms with Crippen molar-refractivity contribution >= 4 is 29.7 Å². The minimum absolute atomic E-state index is 0.430. The van der Waals surface area contributed by atoms with Gasteiger partial charge in [0.1, 0.15) is 11.5 Å². The lowest BCUT2D eigenvalue weighted by atomic mass is 10.0. The van der Waals surface area contributed by atoms with Gasteiger partial charge in [-0.3, -0.25) is 0 Å². The standard InChI is InChI=1S/C19H14O5/c1-23-14-6-2-12(3-7-14)11-16-15-10-13(5-9-18(20)21)4-8-17(15)24-19(16)22/h2-11H,1H3,(H,20,21)/b9-5+,16-11-. The molecular formula is C19H14O5. The van der Waals surface area contributed by atoms with Gasteiger partial charge in [0.2, 0.25) is 0 Å². The van der Waals surface area contributed by atoms with Crippen molar-refractivity contribution < 1.29 is 24.2 Å². The largest absolute Gasteiger partial charge is 0.497 e. The van der Waals surface area contributed by atoms with Crippen LogP contribution >= 0.6 is 0 Å². The Morgan fingerprint density at radius 1 is 1.12 bits per heavy atom. The van der Waals surface area contributed by atoms with E-state index in [-0.39, 0.29) is 0 Å². The van der Waals surface area contributed by atoms with Gasteiger partial charge < -0.3 is 14.6 Å². The van der Waals surface area contributed by atoms with E-state index >= 15 is 0 Å². The number of aliphatic carboxylic acids is 1. The molecule has 2 aromatic carbocycles. The molecule has 1 aliphatic heterocycles. The van der Waals surface area contributed by atoms with Crippen molar-refractivity contribution in [3.05, 3.63) is 65.2 Å². The second-order valence-corrected chi connectivity index (χ2v) is 5.15. The summed E-state index contributed by atoms with van der Waals surface area (Å²) in [5.41, 5.74) is 2.58. The van der Waals surface area contributed by atoms with Crippen molar-refractivity contribution in [1.29, 1.82) is 0 Å². The summed E-state index contributed by atoms with van der Waals surface area (Å²) < 4.78 is 10.4. The fraction of sp³-hybridized carbons (Fsp3) is 0.0526. The molecular weight excluding hydrogens is 308 g/mol. The number of carbonyl (C=O) groups excluding carboxylic acids is 1. The number of carboxylic acid groups (broad SMARTS) is 1. The molecule has 1 aliphatic rings. The van der Waals surface area contributed by atoms with Gasteiger partial charge in [-0.05, 0) is 47.5 Å². The average molecular weight is 322 g/mol. The Morgan fingerprint density at radius 2 is 1.83 bits per heavy atom. The molecule has 0 radical (unpaired) electrons. The highest BCUT2D eigenvalue weighted by atomic mass is 16.5. The molecule has 120 valence electrons. The summed E-state index contributed by atoms with van der Waals surface area (Å²) in [7, 11) is 1.59. The first-order valence-corrected chi connectivity index (χ1v) is 7.20. The van der Waals surface area contributed by atoms with Crippen molar-refractivity contribution in [2.24, 2.45) is 0 Å². The number of carboxylic acids is 1. The van der Waals surface area contributed by atoms with Crippen molar-refractivity contribution in [3.63, 3.8) is 0 Å². The zero-order chi connectivity index (χ0) is 17.1. The highest BCUT2D eigenvalue weighted by molar-refractivity contribution is 6.26. The van der Waals surface area contributed by atoms with Gasteiger partial charge >= 0.3 is 11.9 Å². The lowest BCUT2D eigenvalue weighted by Gasteiger charge is -2.01. The van der Waals surface area contributed by atoms with Crippen LogP contribution in [-0.4, -0.2) is 24.2 Å². The third kappa shape index (κ3) is 3.20. The van der Waals surface area contributed by atoms with Gasteiger partial charge in [0.25, 0.3) is 0 Å². The molecule has 0 bridgehead atoms. The number of esters is 1. The maximum Gasteiger partial charge on any atom is 0.344 e. The van der Waals surface area contributed by atoms with E-state index in [9.17, 15) is 9.59 Å². The highest BCUT2D eigenvalue weighted by Gasteiger charge is 2.26. The number of rotatable bonds is 4. The van der Waals surface area contributed by atoms with Crippen LogP contribution in [-0.2, 0) is 9.59 Å². The van der Waals surface area contributed by atoms with Gasteiger partial charge in [-0.1, -0.05) is 18.2 Å². The number of ether oxygens (including phenoxy) is 2. The molecule has 0 saturated heterocycles. The van der Waals surface area contributed by atoms with Gasteiger partial charge in [-0.15, -0.1) is 0 Å². The van der Waals surface area contributed by atoms with Crippen molar-refractivity contribution in [2.75, 3.05) is 7.11 Å². The maximum atomic E-state index is 12.1. The molecule has 0 aliphatic carbocycles. The summed E-state index contributed by atoms with van der Waals surface area (Å²) >= 11 is 0. The smallest absolute Gasteiger partial charge is 0.344 e. The molecule has 3 rings (SSSR count). The van der Waals surface area contributed by atoms with E-state index in [2.05, 4.69) is 0 Å². The zero-order valence-electron chi connectivity index (χ0n) is 12.9. The number of hydrogen-bond acceptors (Lipinski definition) is 4. The second-order valence-electron chi connectivity index (χ2n) is 5.15. The molecule has 0 unspecified atom stereocenters. The number of hydrogen-bond donors (Lipinski definition) is 1. The Bertz CT molecular complexity index is 860. The predicted molar refractivity (Wildman–Crippen MR) is 89.6 cm³/mol. The van der Waals surface area contributed by atoms with Crippen LogP contribution in [0.15, 0.2) is 48.5 Å². The molecule has 0 spiro atoms. The Morgan fingerprint density at radius 3 is 2.50 bits per heavy atom. The third-order valence-corrected chi connectivity index (χ3v) is 3.56. The van der Waals surface area contributed by atoms with E-state index < -0.39 is 11.9 Å². The molecule has 24 heavy (non-hydrogen) atoms. The minimum Gasteiger partial charge on any atom is -0.497 e. The average Bonchev–Trinajstić information content (AvgIpc) is 2.89. The Kier molecular flexibility index (Phi) is 4.16. The lowest BCUT2D eigenvalue weighted by Crippen LogP contribution is -2.00. The fourth-order valence-corrected chi connectivity index (χ4v) is 2.39. The lowest BCUT2D eigenvalue weighted by molar-refractivity contribution is -0.131. The topological polar surface area (TPSA) is 72.8 Å². The van der Waals surface area contributed by atoms with Crippen molar-refractivity contribution in [3.8, 4) is 11.5 Å². The first kappa shape index (κ1) is 15.6. The maximum absolute atomic E-state index is 12.1. The molecule has 1 N–H and O–H groups in total. The van der Waals surface area contributed by atoms with Gasteiger partial charge in [0.15, 0.2) is 0 Å². The summed E-state index contributed by atoms with van der Waals surface area (Å²) in [5, 5.41) is 8.71. The van der Waals surface area contributed by atoms with Gasteiger partial charge in [-0.2, -0.15) is 0 Å². The summed E-state index contributed by atoms with van der Waals surface area (Å²) in [6.45, 7) is 0. The molecule has 0 aromatic heterocycles. The Labute approximate surface area is 138 Å². The Hall–Kier alpha value is -3.34. The first-order chi connectivity index (χ1) is 11.6. The first-order valence-electron chi connectivity index (χ1n) is 7.20.